The Morgan fingerprint density at radius 3 is 1.58 bits per heavy atom. The monoisotopic (exact) mass is 345 g/mol. The second kappa shape index (κ2) is 8.26. The lowest BCUT2D eigenvalue weighted by Crippen LogP contribution is -1.77. The summed E-state index contributed by atoms with van der Waals surface area (Å²) in [6, 6.07) is 28.3. The maximum Gasteiger partial charge on any atom is 0.0991 e. The minimum absolute atomic E-state index is 0.699. The summed E-state index contributed by atoms with van der Waals surface area (Å²) < 4.78 is 0. The maximum atomic E-state index is 8.65. The van der Waals surface area contributed by atoms with Crippen molar-refractivity contribution in [3.05, 3.63) is 95.2 Å². The molecule has 2 heterocycles. The predicted molar refractivity (Wildman–Crippen MR) is 104 cm³/mol. The van der Waals surface area contributed by atoms with Crippen molar-refractivity contribution in [2.24, 2.45) is 0 Å². The molecule has 0 fully saturated rings. The van der Waals surface area contributed by atoms with Crippen LogP contribution in [0.1, 0.15) is 5.56 Å². The molecule has 4 aromatic rings. The van der Waals surface area contributed by atoms with E-state index in [1.807, 2.05) is 42.5 Å². The molecule has 0 unspecified atom stereocenters. The second-order valence-corrected chi connectivity index (χ2v) is 6.91. The Balaban J connectivity index is 0.000000149. The standard InChI is InChI=1S/C13H9N.C8H6S2/c14-10-11-6-8-13(9-7-11)12-4-2-1-3-5-12;1-3-7(9-5-1)8-4-2-6-10-8/h1-9H;1-6H. The summed E-state index contributed by atoms with van der Waals surface area (Å²) in [6.07, 6.45) is 0. The highest BCUT2D eigenvalue weighted by Gasteiger charge is 1.96. The van der Waals surface area contributed by atoms with Gasteiger partial charge in [0.05, 0.1) is 11.6 Å². The zero-order chi connectivity index (χ0) is 16.6. The van der Waals surface area contributed by atoms with Crippen LogP contribution in [0, 0.1) is 11.3 Å². The third-order valence-electron chi connectivity index (χ3n) is 3.41. The highest BCUT2D eigenvalue weighted by molar-refractivity contribution is 7.20. The molecular weight excluding hydrogens is 330 g/mol. The average Bonchev–Trinajstić information content (AvgIpc) is 3.36. The lowest BCUT2D eigenvalue weighted by molar-refractivity contribution is 1.48. The lowest BCUT2D eigenvalue weighted by Gasteiger charge is -1.99. The fraction of sp³-hybridized carbons (Fsp3) is 0. The normalized spacial score (nSPS) is 9.62. The van der Waals surface area contributed by atoms with Crippen LogP contribution in [0.2, 0.25) is 0 Å². The zero-order valence-corrected chi connectivity index (χ0v) is 14.6. The zero-order valence-electron chi connectivity index (χ0n) is 12.9. The number of hydrogen-bond donors (Lipinski definition) is 0. The first-order valence-corrected chi connectivity index (χ1v) is 9.26. The van der Waals surface area contributed by atoms with Gasteiger partial charge < -0.3 is 0 Å². The van der Waals surface area contributed by atoms with E-state index < -0.39 is 0 Å². The van der Waals surface area contributed by atoms with Crippen molar-refractivity contribution in [3.8, 4) is 27.0 Å². The number of nitriles is 1. The van der Waals surface area contributed by atoms with Gasteiger partial charge in [0, 0.05) is 9.75 Å². The Morgan fingerprint density at radius 2 is 1.12 bits per heavy atom. The number of thiophene rings is 2. The Bertz CT molecular complexity index is 853. The molecule has 0 saturated carbocycles. The SMILES string of the molecule is N#Cc1ccc(-c2ccccc2)cc1.c1csc(-c2cccs2)c1. The maximum absolute atomic E-state index is 8.65. The molecule has 0 N–H and O–H groups in total. The second-order valence-electron chi connectivity index (χ2n) is 5.01. The molecule has 2 aromatic heterocycles. The first-order valence-electron chi connectivity index (χ1n) is 7.50. The van der Waals surface area contributed by atoms with E-state index in [9.17, 15) is 0 Å². The van der Waals surface area contributed by atoms with Gasteiger partial charge in [0.25, 0.3) is 0 Å². The van der Waals surface area contributed by atoms with Gasteiger partial charge in [-0.15, -0.1) is 22.7 Å². The molecular formula is C21H15NS2. The molecule has 4 rings (SSSR count). The van der Waals surface area contributed by atoms with Crippen molar-refractivity contribution in [3.63, 3.8) is 0 Å². The van der Waals surface area contributed by atoms with E-state index >= 15 is 0 Å². The molecule has 0 atom stereocenters. The highest BCUT2D eigenvalue weighted by Crippen LogP contribution is 2.28. The van der Waals surface area contributed by atoms with Gasteiger partial charge in [-0.3, -0.25) is 0 Å². The van der Waals surface area contributed by atoms with Crippen LogP contribution in [0.5, 0.6) is 0 Å². The molecule has 0 bridgehead atoms. The van der Waals surface area contributed by atoms with Crippen LogP contribution in [0.15, 0.2) is 89.6 Å². The van der Waals surface area contributed by atoms with Crippen molar-refractivity contribution in [2.45, 2.75) is 0 Å². The predicted octanol–water partition coefficient (Wildman–Crippen LogP) is 6.70. The van der Waals surface area contributed by atoms with Gasteiger partial charge in [-0.1, -0.05) is 54.6 Å². The number of rotatable bonds is 2. The quantitative estimate of drug-likeness (QED) is 0.396. The first kappa shape index (κ1) is 16.2. The fourth-order valence-electron chi connectivity index (χ4n) is 2.21. The van der Waals surface area contributed by atoms with Crippen molar-refractivity contribution >= 4 is 22.7 Å². The third-order valence-corrected chi connectivity index (χ3v) is 5.34. The molecule has 0 radical (unpaired) electrons. The van der Waals surface area contributed by atoms with Crippen LogP contribution in [0.4, 0.5) is 0 Å². The van der Waals surface area contributed by atoms with Crippen LogP contribution < -0.4 is 0 Å². The largest absolute Gasteiger partial charge is 0.192 e. The molecule has 0 amide bonds. The molecule has 24 heavy (non-hydrogen) atoms. The summed E-state index contributed by atoms with van der Waals surface area (Å²) >= 11 is 3.58. The molecule has 3 heteroatoms. The van der Waals surface area contributed by atoms with E-state index in [1.165, 1.54) is 15.3 Å². The van der Waals surface area contributed by atoms with E-state index in [4.69, 9.17) is 5.26 Å². The fourth-order valence-corrected chi connectivity index (χ4v) is 3.78. The number of benzene rings is 2. The van der Waals surface area contributed by atoms with Crippen molar-refractivity contribution in [1.82, 2.24) is 0 Å². The average molecular weight is 345 g/mol. The summed E-state index contributed by atoms with van der Waals surface area (Å²) in [6.45, 7) is 0. The van der Waals surface area contributed by atoms with Gasteiger partial charge in [-0.05, 0) is 46.2 Å². The van der Waals surface area contributed by atoms with Crippen LogP contribution in [0.3, 0.4) is 0 Å². The summed E-state index contributed by atoms with van der Waals surface area (Å²) in [5.74, 6) is 0. The third kappa shape index (κ3) is 4.20. The Hall–Kier alpha value is -2.67. The number of nitrogens with zero attached hydrogens (tertiary/aromatic N) is 1. The van der Waals surface area contributed by atoms with Crippen LogP contribution in [-0.2, 0) is 0 Å². The Morgan fingerprint density at radius 1 is 0.583 bits per heavy atom. The molecule has 0 aliphatic carbocycles. The minimum atomic E-state index is 0.699. The highest BCUT2D eigenvalue weighted by atomic mass is 32.1. The number of hydrogen-bond acceptors (Lipinski definition) is 3. The smallest absolute Gasteiger partial charge is 0.0991 e. The topological polar surface area (TPSA) is 23.8 Å². The van der Waals surface area contributed by atoms with Gasteiger partial charge >= 0.3 is 0 Å². The molecule has 116 valence electrons. The van der Waals surface area contributed by atoms with Crippen LogP contribution in [-0.4, -0.2) is 0 Å². The summed E-state index contributed by atoms with van der Waals surface area (Å²) in [4.78, 5) is 2.74. The van der Waals surface area contributed by atoms with E-state index in [-0.39, 0.29) is 0 Å². The molecule has 0 aliphatic rings. The lowest BCUT2D eigenvalue weighted by atomic mass is 10.0. The Kier molecular flexibility index (Phi) is 5.57. The Labute approximate surface area is 150 Å². The van der Waals surface area contributed by atoms with E-state index in [1.54, 1.807) is 22.7 Å². The summed E-state index contributed by atoms with van der Waals surface area (Å²) in [5, 5.41) is 12.9. The molecule has 2 aromatic carbocycles. The van der Waals surface area contributed by atoms with Crippen molar-refractivity contribution < 1.29 is 0 Å². The summed E-state index contributed by atoms with van der Waals surface area (Å²) in [5.41, 5.74) is 3.02. The van der Waals surface area contributed by atoms with Crippen molar-refractivity contribution in [1.29, 1.82) is 5.26 Å². The molecule has 0 spiro atoms. The summed E-state index contributed by atoms with van der Waals surface area (Å²) in [7, 11) is 0. The van der Waals surface area contributed by atoms with Gasteiger partial charge in [-0.2, -0.15) is 5.26 Å². The van der Waals surface area contributed by atoms with Crippen molar-refractivity contribution in [2.75, 3.05) is 0 Å². The van der Waals surface area contributed by atoms with Crippen LogP contribution in [0.25, 0.3) is 20.9 Å². The van der Waals surface area contributed by atoms with E-state index in [2.05, 4.69) is 53.2 Å². The molecule has 0 saturated heterocycles. The van der Waals surface area contributed by atoms with Crippen LogP contribution >= 0.6 is 22.7 Å². The van der Waals surface area contributed by atoms with E-state index in [0.29, 0.717) is 5.56 Å². The minimum Gasteiger partial charge on any atom is -0.192 e. The molecule has 0 aliphatic heterocycles. The van der Waals surface area contributed by atoms with Gasteiger partial charge in [-0.25, -0.2) is 0 Å². The molecule has 1 nitrogen and oxygen atoms in total. The van der Waals surface area contributed by atoms with Gasteiger partial charge in [0.15, 0.2) is 0 Å². The first-order chi connectivity index (χ1) is 11.9. The van der Waals surface area contributed by atoms with E-state index in [0.717, 1.165) is 5.56 Å². The van der Waals surface area contributed by atoms with Gasteiger partial charge in [0.2, 0.25) is 0 Å². The van der Waals surface area contributed by atoms with Gasteiger partial charge in [0.1, 0.15) is 0 Å².